The van der Waals surface area contributed by atoms with Crippen LogP contribution in [0.4, 0.5) is 0 Å². The average Bonchev–Trinajstić information content (AvgIpc) is 2.83. The molecule has 3 rings (SSSR count). The van der Waals surface area contributed by atoms with Gasteiger partial charge in [0.05, 0.1) is 23.9 Å². The van der Waals surface area contributed by atoms with Crippen molar-refractivity contribution in [1.82, 2.24) is 9.55 Å². The summed E-state index contributed by atoms with van der Waals surface area (Å²) in [5.41, 5.74) is 2.02. The molecule has 0 bridgehead atoms. The third kappa shape index (κ3) is 2.55. The molecule has 0 saturated heterocycles. The number of imidazole rings is 1. The van der Waals surface area contributed by atoms with Gasteiger partial charge in [-0.3, -0.25) is 4.79 Å². The van der Waals surface area contributed by atoms with Crippen molar-refractivity contribution < 1.29 is 4.79 Å². The zero-order chi connectivity index (χ0) is 13.2. The average molecular weight is 256 g/mol. The minimum Gasteiger partial charge on any atom is -0.323 e. The van der Waals surface area contributed by atoms with E-state index in [1.165, 1.54) is 12.8 Å². The number of hydrogen-bond donors (Lipinski definition) is 0. The lowest BCUT2D eigenvalue weighted by Gasteiger charge is -2.25. The number of carbonyl (C=O) groups excluding carboxylic acids is 1. The predicted molar refractivity (Wildman–Crippen MR) is 75.9 cm³/mol. The Morgan fingerprint density at radius 1 is 1.26 bits per heavy atom. The Balaban J connectivity index is 1.72. The minimum absolute atomic E-state index is 0.261. The molecular weight excluding hydrogens is 236 g/mol. The summed E-state index contributed by atoms with van der Waals surface area (Å²) in [6.45, 7) is 2.75. The molecule has 1 heterocycles. The highest BCUT2D eigenvalue weighted by atomic mass is 16.1. The Morgan fingerprint density at radius 2 is 2.00 bits per heavy atom. The second-order valence-corrected chi connectivity index (χ2v) is 5.78. The van der Waals surface area contributed by atoms with E-state index in [4.69, 9.17) is 0 Å². The van der Waals surface area contributed by atoms with Crippen LogP contribution in [0.25, 0.3) is 11.0 Å². The number of nitrogens with zero attached hydrogens (tertiary/aromatic N) is 2. The molecule has 1 fully saturated rings. The number of benzene rings is 1. The van der Waals surface area contributed by atoms with E-state index in [0.717, 1.165) is 29.8 Å². The summed E-state index contributed by atoms with van der Waals surface area (Å²) >= 11 is 0. The number of hydrogen-bond acceptors (Lipinski definition) is 2. The van der Waals surface area contributed by atoms with Crippen molar-refractivity contribution in [1.29, 1.82) is 0 Å². The lowest BCUT2D eigenvalue weighted by atomic mass is 9.81. The molecule has 1 aromatic heterocycles. The van der Waals surface area contributed by atoms with Crippen molar-refractivity contribution in [2.24, 2.45) is 11.8 Å². The van der Waals surface area contributed by atoms with Gasteiger partial charge in [0.2, 0.25) is 0 Å². The van der Waals surface area contributed by atoms with E-state index in [9.17, 15) is 4.79 Å². The summed E-state index contributed by atoms with van der Waals surface area (Å²) in [6.07, 6.45) is 6.30. The zero-order valence-corrected chi connectivity index (χ0v) is 11.4. The summed E-state index contributed by atoms with van der Waals surface area (Å²) in [5, 5.41) is 0. The molecule has 0 spiro atoms. The molecule has 1 aromatic carbocycles. The van der Waals surface area contributed by atoms with Crippen molar-refractivity contribution in [3.63, 3.8) is 0 Å². The molecule has 0 N–H and O–H groups in total. The van der Waals surface area contributed by atoms with Crippen LogP contribution in [0.1, 0.15) is 32.6 Å². The van der Waals surface area contributed by atoms with Crippen molar-refractivity contribution >= 4 is 16.8 Å². The number of carbonyl (C=O) groups is 1. The monoisotopic (exact) mass is 256 g/mol. The van der Waals surface area contributed by atoms with Crippen molar-refractivity contribution in [3.05, 3.63) is 30.6 Å². The van der Waals surface area contributed by atoms with Gasteiger partial charge in [0.15, 0.2) is 5.78 Å². The number of aromatic nitrogens is 2. The molecule has 1 aliphatic rings. The van der Waals surface area contributed by atoms with E-state index < -0.39 is 0 Å². The van der Waals surface area contributed by atoms with E-state index in [1.807, 2.05) is 28.8 Å². The highest BCUT2D eigenvalue weighted by molar-refractivity contribution is 5.83. The molecule has 1 aliphatic carbocycles. The van der Waals surface area contributed by atoms with E-state index >= 15 is 0 Å². The molecule has 19 heavy (non-hydrogen) atoms. The molecular formula is C16H20N2O. The van der Waals surface area contributed by atoms with Gasteiger partial charge in [-0.2, -0.15) is 0 Å². The van der Waals surface area contributed by atoms with Crippen LogP contribution in [0, 0.1) is 11.8 Å². The Morgan fingerprint density at radius 3 is 2.79 bits per heavy atom. The summed E-state index contributed by atoms with van der Waals surface area (Å²) in [5.74, 6) is 1.42. The second-order valence-electron chi connectivity index (χ2n) is 5.78. The Hall–Kier alpha value is -1.64. The van der Waals surface area contributed by atoms with Gasteiger partial charge in [-0.1, -0.05) is 31.9 Å². The maximum absolute atomic E-state index is 12.4. The van der Waals surface area contributed by atoms with Gasteiger partial charge in [-0.05, 0) is 30.9 Å². The van der Waals surface area contributed by atoms with Crippen molar-refractivity contribution in [3.8, 4) is 0 Å². The second kappa shape index (κ2) is 5.16. The van der Waals surface area contributed by atoms with Crippen LogP contribution in [-0.2, 0) is 11.3 Å². The molecule has 100 valence electrons. The highest BCUT2D eigenvalue weighted by Gasteiger charge is 2.24. The minimum atomic E-state index is 0.261. The Kier molecular flexibility index (Phi) is 3.36. The van der Waals surface area contributed by atoms with Gasteiger partial charge in [0.1, 0.15) is 0 Å². The SMILES string of the molecule is CC1CCC(C(=O)Cn2cnc3ccccc32)CC1. The van der Waals surface area contributed by atoms with E-state index in [0.29, 0.717) is 12.3 Å². The van der Waals surface area contributed by atoms with Crippen molar-refractivity contribution in [2.45, 2.75) is 39.2 Å². The van der Waals surface area contributed by atoms with Crippen LogP contribution in [0.3, 0.4) is 0 Å². The van der Waals surface area contributed by atoms with E-state index in [-0.39, 0.29) is 5.92 Å². The fraction of sp³-hybridized carbons (Fsp3) is 0.500. The quantitative estimate of drug-likeness (QED) is 0.843. The summed E-state index contributed by atoms with van der Waals surface area (Å²) < 4.78 is 1.98. The zero-order valence-electron chi connectivity index (χ0n) is 11.4. The summed E-state index contributed by atoms with van der Waals surface area (Å²) in [7, 11) is 0. The number of rotatable bonds is 3. The lowest BCUT2D eigenvalue weighted by molar-refractivity contribution is -0.124. The standard InChI is InChI=1S/C16H20N2O/c1-12-6-8-13(9-7-12)16(19)10-18-11-17-14-4-2-3-5-15(14)18/h2-5,11-13H,6-10H2,1H3. The van der Waals surface area contributed by atoms with Gasteiger partial charge in [-0.15, -0.1) is 0 Å². The van der Waals surface area contributed by atoms with E-state index in [1.54, 1.807) is 6.33 Å². The summed E-state index contributed by atoms with van der Waals surface area (Å²) in [6, 6.07) is 7.98. The number of para-hydroxylation sites is 2. The molecule has 0 unspecified atom stereocenters. The van der Waals surface area contributed by atoms with Gasteiger partial charge >= 0.3 is 0 Å². The molecule has 0 atom stereocenters. The van der Waals surface area contributed by atoms with Gasteiger partial charge in [-0.25, -0.2) is 4.98 Å². The number of fused-ring (bicyclic) bond motifs is 1. The maximum Gasteiger partial charge on any atom is 0.155 e. The van der Waals surface area contributed by atoms with Crippen LogP contribution in [0.5, 0.6) is 0 Å². The molecule has 3 nitrogen and oxygen atoms in total. The van der Waals surface area contributed by atoms with Crippen LogP contribution in [0.15, 0.2) is 30.6 Å². The largest absolute Gasteiger partial charge is 0.323 e. The van der Waals surface area contributed by atoms with E-state index in [2.05, 4.69) is 11.9 Å². The molecule has 1 saturated carbocycles. The van der Waals surface area contributed by atoms with Crippen LogP contribution >= 0.6 is 0 Å². The van der Waals surface area contributed by atoms with Crippen LogP contribution in [-0.4, -0.2) is 15.3 Å². The molecule has 0 radical (unpaired) electrons. The first-order chi connectivity index (χ1) is 9.24. The van der Waals surface area contributed by atoms with Crippen LogP contribution in [0.2, 0.25) is 0 Å². The first kappa shape index (κ1) is 12.4. The fourth-order valence-electron chi connectivity index (χ4n) is 3.02. The summed E-state index contributed by atoms with van der Waals surface area (Å²) in [4.78, 5) is 16.7. The van der Waals surface area contributed by atoms with Gasteiger partial charge in [0.25, 0.3) is 0 Å². The third-order valence-corrected chi connectivity index (χ3v) is 4.32. The molecule has 0 amide bonds. The first-order valence-corrected chi connectivity index (χ1v) is 7.16. The van der Waals surface area contributed by atoms with Gasteiger partial charge < -0.3 is 4.57 Å². The molecule has 2 aromatic rings. The van der Waals surface area contributed by atoms with Gasteiger partial charge in [0, 0.05) is 5.92 Å². The smallest absolute Gasteiger partial charge is 0.155 e. The lowest BCUT2D eigenvalue weighted by Crippen LogP contribution is -2.24. The fourth-order valence-corrected chi connectivity index (χ4v) is 3.02. The van der Waals surface area contributed by atoms with Crippen LogP contribution < -0.4 is 0 Å². The Labute approximate surface area is 113 Å². The normalized spacial score (nSPS) is 23.6. The maximum atomic E-state index is 12.4. The number of Topliss-reactive ketones (excluding diaryl/α,β-unsaturated/α-hetero) is 1. The third-order valence-electron chi connectivity index (χ3n) is 4.32. The number of ketones is 1. The first-order valence-electron chi connectivity index (χ1n) is 7.16. The topological polar surface area (TPSA) is 34.9 Å². The van der Waals surface area contributed by atoms with Crippen molar-refractivity contribution in [2.75, 3.05) is 0 Å². The molecule has 0 aliphatic heterocycles. The highest BCUT2D eigenvalue weighted by Crippen LogP contribution is 2.29. The molecule has 3 heteroatoms. The Bertz CT molecular complexity index is 579. The predicted octanol–water partition coefficient (Wildman–Crippen LogP) is 3.43.